The number of aromatic nitrogens is 2. The van der Waals surface area contributed by atoms with Gasteiger partial charge in [-0.15, -0.1) is 0 Å². The molecule has 0 spiro atoms. The topological polar surface area (TPSA) is 63.2 Å². The van der Waals surface area contributed by atoms with Crippen LogP contribution in [0.25, 0.3) is 11.3 Å². The minimum atomic E-state index is -3.14. The van der Waals surface area contributed by atoms with Crippen molar-refractivity contribution in [2.24, 2.45) is 0 Å². The molecule has 116 valence electrons. The van der Waals surface area contributed by atoms with Crippen molar-refractivity contribution in [3.8, 4) is 11.3 Å². The lowest BCUT2D eigenvalue weighted by molar-refractivity contribution is 0.314. The number of nitrogens with zero attached hydrogens (tertiary/aromatic N) is 3. The number of hydrogen-bond donors (Lipinski definition) is 0. The van der Waals surface area contributed by atoms with Gasteiger partial charge in [0.15, 0.2) is 0 Å². The minimum Gasteiger partial charge on any atom is -0.261 e. The van der Waals surface area contributed by atoms with Crippen LogP contribution in [0.4, 0.5) is 0 Å². The average Bonchev–Trinajstić information content (AvgIpc) is 2.55. The molecule has 0 bridgehead atoms. The maximum atomic E-state index is 11.7. The largest absolute Gasteiger partial charge is 0.261 e. The van der Waals surface area contributed by atoms with Gasteiger partial charge in [0.25, 0.3) is 0 Å². The summed E-state index contributed by atoms with van der Waals surface area (Å²) >= 11 is 0. The van der Waals surface area contributed by atoms with Gasteiger partial charge in [-0.05, 0) is 12.8 Å². The Labute approximate surface area is 131 Å². The van der Waals surface area contributed by atoms with Crippen LogP contribution in [0.15, 0.2) is 42.7 Å². The molecule has 1 unspecified atom stereocenters. The van der Waals surface area contributed by atoms with Crippen molar-refractivity contribution in [3.63, 3.8) is 0 Å². The Morgan fingerprint density at radius 1 is 1.18 bits per heavy atom. The zero-order valence-electron chi connectivity index (χ0n) is 12.5. The summed E-state index contributed by atoms with van der Waals surface area (Å²) in [7, 11) is -3.14. The minimum absolute atomic E-state index is 0.111. The zero-order valence-corrected chi connectivity index (χ0v) is 13.3. The van der Waals surface area contributed by atoms with Crippen molar-refractivity contribution in [1.82, 2.24) is 14.3 Å². The molecule has 1 aliphatic heterocycles. The normalized spacial score (nSPS) is 20.0. The monoisotopic (exact) mass is 317 g/mol. The molecule has 0 N–H and O–H groups in total. The van der Waals surface area contributed by atoms with E-state index in [0.29, 0.717) is 13.1 Å². The van der Waals surface area contributed by atoms with Gasteiger partial charge >= 0.3 is 0 Å². The molecule has 5 nitrogen and oxygen atoms in total. The van der Waals surface area contributed by atoms with Crippen molar-refractivity contribution >= 4 is 10.0 Å². The number of rotatable bonds is 3. The third-order valence-electron chi connectivity index (χ3n) is 3.99. The number of piperidine rings is 1. The SMILES string of the molecule is CS(=O)(=O)N1CCCC(c2cncc(-c3ccccc3)n2)C1. The van der Waals surface area contributed by atoms with Crippen LogP contribution in [0.5, 0.6) is 0 Å². The molecule has 1 fully saturated rings. The second-order valence-electron chi connectivity index (χ2n) is 5.66. The fraction of sp³-hybridized carbons (Fsp3) is 0.375. The highest BCUT2D eigenvalue weighted by Crippen LogP contribution is 2.27. The van der Waals surface area contributed by atoms with Crippen molar-refractivity contribution in [3.05, 3.63) is 48.4 Å². The van der Waals surface area contributed by atoms with Crippen LogP contribution in [-0.4, -0.2) is 42.0 Å². The highest BCUT2D eigenvalue weighted by Gasteiger charge is 2.27. The van der Waals surface area contributed by atoms with Crippen LogP contribution in [0.3, 0.4) is 0 Å². The molecule has 0 aliphatic carbocycles. The van der Waals surface area contributed by atoms with E-state index in [1.165, 1.54) is 10.6 Å². The van der Waals surface area contributed by atoms with Gasteiger partial charge in [-0.25, -0.2) is 17.7 Å². The molecule has 1 atom stereocenters. The van der Waals surface area contributed by atoms with Crippen molar-refractivity contribution < 1.29 is 8.42 Å². The molecule has 2 aromatic rings. The fourth-order valence-corrected chi connectivity index (χ4v) is 3.72. The van der Waals surface area contributed by atoms with Gasteiger partial charge < -0.3 is 0 Å². The lowest BCUT2D eigenvalue weighted by atomic mass is 9.96. The van der Waals surface area contributed by atoms with Gasteiger partial charge in [0.1, 0.15) is 0 Å². The zero-order chi connectivity index (χ0) is 15.6. The third kappa shape index (κ3) is 3.34. The van der Waals surface area contributed by atoms with Gasteiger partial charge in [-0.1, -0.05) is 30.3 Å². The maximum Gasteiger partial charge on any atom is 0.211 e. The Morgan fingerprint density at radius 3 is 2.68 bits per heavy atom. The Balaban J connectivity index is 1.86. The van der Waals surface area contributed by atoms with E-state index in [-0.39, 0.29) is 5.92 Å². The average molecular weight is 317 g/mol. The van der Waals surface area contributed by atoms with E-state index in [1.54, 1.807) is 12.4 Å². The number of hydrogen-bond acceptors (Lipinski definition) is 4. The molecule has 22 heavy (non-hydrogen) atoms. The molecule has 3 rings (SSSR count). The van der Waals surface area contributed by atoms with Crippen LogP contribution in [-0.2, 0) is 10.0 Å². The fourth-order valence-electron chi connectivity index (χ4n) is 2.81. The molecule has 1 aliphatic rings. The van der Waals surface area contributed by atoms with Gasteiger partial charge in [0, 0.05) is 30.8 Å². The van der Waals surface area contributed by atoms with Crippen molar-refractivity contribution in [1.29, 1.82) is 0 Å². The molecule has 0 saturated carbocycles. The molecule has 6 heteroatoms. The Kier molecular flexibility index (Phi) is 4.22. The maximum absolute atomic E-state index is 11.7. The summed E-state index contributed by atoms with van der Waals surface area (Å²) in [5.74, 6) is 0.111. The van der Waals surface area contributed by atoms with Crippen LogP contribution in [0, 0.1) is 0 Å². The number of sulfonamides is 1. The summed E-state index contributed by atoms with van der Waals surface area (Å²) in [4.78, 5) is 8.99. The molecule has 2 heterocycles. The van der Waals surface area contributed by atoms with E-state index in [2.05, 4.69) is 4.98 Å². The van der Waals surface area contributed by atoms with E-state index in [0.717, 1.165) is 29.8 Å². The van der Waals surface area contributed by atoms with Gasteiger partial charge in [0.05, 0.1) is 23.8 Å². The van der Waals surface area contributed by atoms with E-state index >= 15 is 0 Å². The predicted octanol–water partition coefficient (Wildman–Crippen LogP) is 2.28. The van der Waals surface area contributed by atoms with Gasteiger partial charge in [0.2, 0.25) is 10.0 Å². The quantitative estimate of drug-likeness (QED) is 0.871. The van der Waals surface area contributed by atoms with E-state index in [9.17, 15) is 8.42 Å². The molecule has 1 aromatic heterocycles. The van der Waals surface area contributed by atoms with Crippen LogP contribution in [0.1, 0.15) is 24.5 Å². The molecule has 1 saturated heterocycles. The van der Waals surface area contributed by atoms with E-state index in [4.69, 9.17) is 4.98 Å². The smallest absolute Gasteiger partial charge is 0.211 e. The van der Waals surface area contributed by atoms with Crippen LogP contribution in [0.2, 0.25) is 0 Å². The van der Waals surface area contributed by atoms with Crippen LogP contribution >= 0.6 is 0 Å². The standard InChI is InChI=1S/C16H19N3O2S/c1-22(20,21)19-9-5-8-14(12-19)16-11-17-10-15(18-16)13-6-3-2-4-7-13/h2-4,6-7,10-11,14H,5,8-9,12H2,1H3. The Morgan fingerprint density at radius 2 is 1.95 bits per heavy atom. The first-order valence-corrected chi connectivity index (χ1v) is 9.21. The predicted molar refractivity (Wildman–Crippen MR) is 85.9 cm³/mol. The summed E-state index contributed by atoms with van der Waals surface area (Å²) in [6.07, 6.45) is 6.56. The lowest BCUT2D eigenvalue weighted by Crippen LogP contribution is -2.38. The molecule has 0 radical (unpaired) electrons. The first-order valence-electron chi connectivity index (χ1n) is 7.36. The molecular formula is C16H19N3O2S. The molecular weight excluding hydrogens is 298 g/mol. The highest BCUT2D eigenvalue weighted by molar-refractivity contribution is 7.88. The summed E-state index contributed by atoms with van der Waals surface area (Å²) < 4.78 is 25.0. The van der Waals surface area contributed by atoms with Crippen molar-refractivity contribution in [2.75, 3.05) is 19.3 Å². The first-order chi connectivity index (χ1) is 10.5. The lowest BCUT2D eigenvalue weighted by Gasteiger charge is -2.30. The van der Waals surface area contributed by atoms with Crippen molar-refractivity contribution in [2.45, 2.75) is 18.8 Å². The summed E-state index contributed by atoms with van der Waals surface area (Å²) in [5.41, 5.74) is 2.72. The summed E-state index contributed by atoms with van der Waals surface area (Å²) in [6, 6.07) is 9.90. The third-order valence-corrected chi connectivity index (χ3v) is 5.26. The van der Waals surface area contributed by atoms with E-state index < -0.39 is 10.0 Å². The van der Waals surface area contributed by atoms with Gasteiger partial charge in [-0.3, -0.25) is 4.98 Å². The molecule has 1 aromatic carbocycles. The second-order valence-corrected chi connectivity index (χ2v) is 7.64. The Bertz CT molecular complexity index is 747. The molecule has 0 amide bonds. The Hall–Kier alpha value is -1.79. The summed E-state index contributed by atoms with van der Waals surface area (Å²) in [6.45, 7) is 1.09. The van der Waals surface area contributed by atoms with Crippen LogP contribution < -0.4 is 0 Å². The first kappa shape index (κ1) is 15.1. The number of benzene rings is 1. The second kappa shape index (κ2) is 6.14. The summed E-state index contributed by atoms with van der Waals surface area (Å²) in [5, 5.41) is 0. The highest BCUT2D eigenvalue weighted by atomic mass is 32.2. The van der Waals surface area contributed by atoms with Gasteiger partial charge in [-0.2, -0.15) is 0 Å². The van der Waals surface area contributed by atoms with E-state index in [1.807, 2.05) is 30.3 Å².